The molecule has 112 valence electrons. The predicted octanol–water partition coefficient (Wildman–Crippen LogP) is 3.05. The maximum absolute atomic E-state index is 12.6. The third-order valence-corrected chi connectivity index (χ3v) is 5.28. The first-order valence-electron chi connectivity index (χ1n) is 6.81. The largest absolute Gasteiger partial charge is 0.264 e. The summed E-state index contributed by atoms with van der Waals surface area (Å²) in [5, 5.41) is 0. The molecular weight excluding hydrogens is 284 g/mol. The van der Waals surface area contributed by atoms with Gasteiger partial charge in [0.2, 0.25) is 10.0 Å². The van der Waals surface area contributed by atoms with Gasteiger partial charge in [0.05, 0.1) is 4.90 Å². The molecule has 0 aliphatic rings. The maximum atomic E-state index is 12.6. The third kappa shape index (κ3) is 3.49. The summed E-state index contributed by atoms with van der Waals surface area (Å²) in [5.74, 6) is 0. The van der Waals surface area contributed by atoms with E-state index in [0.717, 1.165) is 22.3 Å². The van der Waals surface area contributed by atoms with E-state index in [1.807, 2.05) is 39.8 Å². The molecule has 1 unspecified atom stereocenters. The molecule has 0 amide bonds. The van der Waals surface area contributed by atoms with Gasteiger partial charge >= 0.3 is 0 Å². The lowest BCUT2D eigenvalue weighted by Gasteiger charge is -2.16. The van der Waals surface area contributed by atoms with Crippen LogP contribution in [0.4, 0.5) is 0 Å². The summed E-state index contributed by atoms with van der Waals surface area (Å²) in [6.45, 7) is 7.52. The smallest absolute Gasteiger partial charge is 0.241 e. The Bertz CT molecular complexity index is 740. The van der Waals surface area contributed by atoms with Crippen molar-refractivity contribution >= 4 is 10.0 Å². The molecule has 0 radical (unpaired) electrons. The molecule has 1 aromatic heterocycles. The van der Waals surface area contributed by atoms with Gasteiger partial charge in [-0.1, -0.05) is 12.1 Å². The number of rotatable bonds is 4. The SMILES string of the molecule is Cc1cc(C)c(S(=O)(=O)NC(C)c2cccnc2)cc1C. The zero-order valence-electron chi connectivity index (χ0n) is 12.7. The summed E-state index contributed by atoms with van der Waals surface area (Å²) in [6.07, 6.45) is 3.33. The monoisotopic (exact) mass is 304 g/mol. The van der Waals surface area contributed by atoms with E-state index in [0.29, 0.717) is 4.90 Å². The third-order valence-electron chi connectivity index (χ3n) is 3.60. The van der Waals surface area contributed by atoms with Crippen molar-refractivity contribution < 1.29 is 8.42 Å². The Kier molecular flexibility index (Phi) is 4.44. The van der Waals surface area contributed by atoms with Gasteiger partial charge in [-0.15, -0.1) is 0 Å². The normalized spacial score (nSPS) is 13.1. The van der Waals surface area contributed by atoms with Crippen LogP contribution in [0.3, 0.4) is 0 Å². The summed E-state index contributed by atoms with van der Waals surface area (Å²) in [5.41, 5.74) is 3.65. The Hall–Kier alpha value is -1.72. The molecule has 0 aliphatic carbocycles. The van der Waals surface area contributed by atoms with Crippen molar-refractivity contribution in [1.82, 2.24) is 9.71 Å². The van der Waals surface area contributed by atoms with Crippen molar-refractivity contribution in [1.29, 1.82) is 0 Å². The quantitative estimate of drug-likeness (QED) is 0.944. The lowest BCUT2D eigenvalue weighted by atomic mass is 10.1. The van der Waals surface area contributed by atoms with Gasteiger partial charge in [0.25, 0.3) is 0 Å². The zero-order valence-corrected chi connectivity index (χ0v) is 13.5. The fourth-order valence-corrected chi connectivity index (χ4v) is 3.76. The molecule has 1 N–H and O–H groups in total. The van der Waals surface area contributed by atoms with Gasteiger partial charge in [-0.3, -0.25) is 4.98 Å². The number of aryl methyl sites for hydroxylation is 3. The lowest BCUT2D eigenvalue weighted by molar-refractivity contribution is 0.566. The summed E-state index contributed by atoms with van der Waals surface area (Å²) >= 11 is 0. The van der Waals surface area contributed by atoms with Crippen molar-refractivity contribution in [3.63, 3.8) is 0 Å². The Balaban J connectivity index is 2.33. The molecule has 2 rings (SSSR count). The Morgan fingerprint density at radius 2 is 1.76 bits per heavy atom. The molecule has 1 heterocycles. The molecule has 2 aromatic rings. The first-order valence-corrected chi connectivity index (χ1v) is 8.29. The summed E-state index contributed by atoms with van der Waals surface area (Å²) in [6, 6.07) is 6.95. The number of pyridine rings is 1. The summed E-state index contributed by atoms with van der Waals surface area (Å²) < 4.78 is 27.8. The fourth-order valence-electron chi connectivity index (χ4n) is 2.22. The minimum absolute atomic E-state index is 0.329. The molecule has 0 aliphatic heterocycles. The number of hydrogen-bond donors (Lipinski definition) is 1. The highest BCUT2D eigenvalue weighted by atomic mass is 32.2. The Morgan fingerprint density at radius 1 is 1.10 bits per heavy atom. The molecule has 0 fully saturated rings. The number of benzene rings is 1. The van der Waals surface area contributed by atoms with Crippen molar-refractivity contribution in [2.45, 2.75) is 38.6 Å². The van der Waals surface area contributed by atoms with Crippen molar-refractivity contribution in [2.24, 2.45) is 0 Å². The van der Waals surface area contributed by atoms with Gasteiger partial charge in [0, 0.05) is 18.4 Å². The van der Waals surface area contributed by atoms with Gasteiger partial charge in [-0.05, 0) is 62.1 Å². The topological polar surface area (TPSA) is 59.1 Å². The van der Waals surface area contributed by atoms with Crippen LogP contribution in [-0.4, -0.2) is 13.4 Å². The molecule has 1 atom stereocenters. The molecule has 5 heteroatoms. The minimum atomic E-state index is -3.56. The average Bonchev–Trinajstić information content (AvgIpc) is 2.43. The maximum Gasteiger partial charge on any atom is 0.241 e. The number of sulfonamides is 1. The second-order valence-corrected chi connectivity index (χ2v) is 7.01. The van der Waals surface area contributed by atoms with Gasteiger partial charge in [-0.25, -0.2) is 13.1 Å². The van der Waals surface area contributed by atoms with E-state index in [-0.39, 0.29) is 6.04 Å². The first kappa shape index (κ1) is 15.7. The van der Waals surface area contributed by atoms with Crippen molar-refractivity contribution in [3.8, 4) is 0 Å². The Morgan fingerprint density at radius 3 is 2.38 bits per heavy atom. The van der Waals surface area contributed by atoms with Gasteiger partial charge in [0.1, 0.15) is 0 Å². The molecule has 4 nitrogen and oxygen atoms in total. The van der Waals surface area contributed by atoms with Crippen LogP contribution >= 0.6 is 0 Å². The van der Waals surface area contributed by atoms with Gasteiger partial charge in [0.15, 0.2) is 0 Å². The predicted molar refractivity (Wildman–Crippen MR) is 83.6 cm³/mol. The minimum Gasteiger partial charge on any atom is -0.264 e. The molecule has 21 heavy (non-hydrogen) atoms. The van der Waals surface area contributed by atoms with E-state index in [1.54, 1.807) is 24.5 Å². The van der Waals surface area contributed by atoms with Crippen LogP contribution in [0.5, 0.6) is 0 Å². The van der Waals surface area contributed by atoms with E-state index < -0.39 is 10.0 Å². The average molecular weight is 304 g/mol. The molecule has 0 saturated carbocycles. The van der Waals surface area contributed by atoms with E-state index in [1.165, 1.54) is 0 Å². The van der Waals surface area contributed by atoms with E-state index in [2.05, 4.69) is 9.71 Å². The van der Waals surface area contributed by atoms with E-state index >= 15 is 0 Å². The second-order valence-electron chi connectivity index (χ2n) is 5.33. The number of hydrogen-bond acceptors (Lipinski definition) is 3. The number of nitrogens with zero attached hydrogens (tertiary/aromatic N) is 1. The van der Waals surface area contributed by atoms with E-state index in [9.17, 15) is 8.42 Å². The first-order chi connectivity index (χ1) is 9.81. The highest BCUT2D eigenvalue weighted by Gasteiger charge is 2.21. The van der Waals surface area contributed by atoms with Crippen molar-refractivity contribution in [2.75, 3.05) is 0 Å². The Labute approximate surface area is 126 Å². The van der Waals surface area contributed by atoms with Crippen LogP contribution in [0.25, 0.3) is 0 Å². The van der Waals surface area contributed by atoms with Crippen LogP contribution in [0.1, 0.15) is 35.2 Å². The van der Waals surface area contributed by atoms with Crippen LogP contribution < -0.4 is 4.72 Å². The highest BCUT2D eigenvalue weighted by molar-refractivity contribution is 7.89. The fraction of sp³-hybridized carbons (Fsp3) is 0.312. The molecule has 0 bridgehead atoms. The number of aromatic nitrogens is 1. The highest BCUT2D eigenvalue weighted by Crippen LogP contribution is 2.22. The standard InChI is InChI=1S/C16H20N2O2S/c1-11-8-13(3)16(9-12(11)2)21(19,20)18-14(4)15-6-5-7-17-10-15/h5-10,14,18H,1-4H3. The van der Waals surface area contributed by atoms with E-state index in [4.69, 9.17) is 0 Å². The van der Waals surface area contributed by atoms with Gasteiger partial charge in [-0.2, -0.15) is 0 Å². The van der Waals surface area contributed by atoms with Crippen LogP contribution in [0.2, 0.25) is 0 Å². The lowest BCUT2D eigenvalue weighted by Crippen LogP contribution is -2.27. The zero-order chi connectivity index (χ0) is 15.6. The van der Waals surface area contributed by atoms with Crippen LogP contribution in [0.15, 0.2) is 41.6 Å². The van der Waals surface area contributed by atoms with Crippen LogP contribution in [0, 0.1) is 20.8 Å². The molecule has 0 spiro atoms. The summed E-state index contributed by atoms with van der Waals surface area (Å²) in [7, 11) is -3.56. The molecular formula is C16H20N2O2S. The van der Waals surface area contributed by atoms with Crippen molar-refractivity contribution in [3.05, 3.63) is 58.9 Å². The van der Waals surface area contributed by atoms with Gasteiger partial charge < -0.3 is 0 Å². The number of nitrogens with one attached hydrogen (secondary N) is 1. The molecule has 0 saturated heterocycles. The molecule has 1 aromatic carbocycles. The van der Waals surface area contributed by atoms with Crippen LogP contribution in [-0.2, 0) is 10.0 Å². The summed E-state index contributed by atoms with van der Waals surface area (Å²) in [4.78, 5) is 4.35. The second kappa shape index (κ2) is 5.95.